The summed E-state index contributed by atoms with van der Waals surface area (Å²) in [5.41, 5.74) is 1.03. The zero-order valence-electron chi connectivity index (χ0n) is 10.3. The number of hydrogen-bond acceptors (Lipinski definition) is 6. The van der Waals surface area contributed by atoms with Crippen LogP contribution in [-0.2, 0) is 6.54 Å². The molecule has 1 N–H and O–H groups in total. The van der Waals surface area contributed by atoms with E-state index in [0.717, 1.165) is 31.7 Å². The number of piperazine rings is 1. The predicted octanol–water partition coefficient (Wildman–Crippen LogP) is 1.59. The van der Waals surface area contributed by atoms with Crippen LogP contribution in [0.3, 0.4) is 0 Å². The maximum atomic E-state index is 5.31. The minimum atomic E-state index is 0.526. The molecule has 0 radical (unpaired) electrons. The highest BCUT2D eigenvalue weighted by Gasteiger charge is 2.18. The van der Waals surface area contributed by atoms with E-state index in [0.29, 0.717) is 17.8 Å². The highest BCUT2D eigenvalue weighted by atomic mass is 32.1. The Morgan fingerprint density at radius 2 is 2.56 bits per heavy atom. The van der Waals surface area contributed by atoms with Gasteiger partial charge in [0, 0.05) is 36.6 Å². The van der Waals surface area contributed by atoms with E-state index in [4.69, 9.17) is 4.52 Å². The Balaban J connectivity index is 1.66. The average molecular weight is 264 g/mol. The van der Waals surface area contributed by atoms with E-state index >= 15 is 0 Å². The topological polar surface area (TPSA) is 54.2 Å². The summed E-state index contributed by atoms with van der Waals surface area (Å²) < 4.78 is 5.31. The first-order valence-electron chi connectivity index (χ1n) is 6.12. The van der Waals surface area contributed by atoms with E-state index in [-0.39, 0.29) is 0 Å². The summed E-state index contributed by atoms with van der Waals surface area (Å²) >= 11 is 1.64. The van der Waals surface area contributed by atoms with Crippen molar-refractivity contribution in [3.8, 4) is 11.4 Å². The van der Waals surface area contributed by atoms with Gasteiger partial charge in [0.15, 0.2) is 0 Å². The number of rotatable bonds is 3. The van der Waals surface area contributed by atoms with Crippen LogP contribution in [0.2, 0.25) is 0 Å². The van der Waals surface area contributed by atoms with Gasteiger partial charge < -0.3 is 9.84 Å². The van der Waals surface area contributed by atoms with Crippen molar-refractivity contribution in [2.24, 2.45) is 0 Å². The Hall–Kier alpha value is -1.24. The van der Waals surface area contributed by atoms with E-state index in [1.54, 1.807) is 11.3 Å². The maximum Gasteiger partial charge on any atom is 0.241 e. The fourth-order valence-electron chi connectivity index (χ4n) is 2.18. The van der Waals surface area contributed by atoms with Gasteiger partial charge in [-0.05, 0) is 18.4 Å². The molecule has 0 spiro atoms. The maximum absolute atomic E-state index is 5.31. The van der Waals surface area contributed by atoms with Crippen LogP contribution >= 0.6 is 11.3 Å². The first kappa shape index (κ1) is 11.8. The second-order valence-corrected chi connectivity index (χ2v) is 5.39. The van der Waals surface area contributed by atoms with Gasteiger partial charge in [0.05, 0.1) is 6.54 Å². The monoisotopic (exact) mass is 264 g/mol. The summed E-state index contributed by atoms with van der Waals surface area (Å²) in [7, 11) is 0. The molecule has 96 valence electrons. The fourth-order valence-corrected chi connectivity index (χ4v) is 2.81. The van der Waals surface area contributed by atoms with Gasteiger partial charge in [0.25, 0.3) is 0 Å². The molecule has 0 aliphatic carbocycles. The largest absolute Gasteiger partial charge is 0.338 e. The molecule has 2 aromatic heterocycles. The third kappa shape index (κ3) is 2.60. The van der Waals surface area contributed by atoms with Crippen molar-refractivity contribution in [1.82, 2.24) is 20.4 Å². The van der Waals surface area contributed by atoms with Crippen LogP contribution < -0.4 is 5.32 Å². The van der Waals surface area contributed by atoms with E-state index < -0.39 is 0 Å². The highest BCUT2D eigenvalue weighted by molar-refractivity contribution is 7.08. The predicted molar refractivity (Wildman–Crippen MR) is 70.4 cm³/mol. The molecule has 1 fully saturated rings. The Morgan fingerprint density at radius 1 is 1.61 bits per heavy atom. The SMILES string of the molecule is C[C@H]1CN(Cc2nc(-c3ccsc3)no2)CCN1. The zero-order chi connectivity index (χ0) is 12.4. The van der Waals surface area contributed by atoms with Gasteiger partial charge in [-0.2, -0.15) is 16.3 Å². The molecule has 1 aliphatic rings. The molecule has 0 saturated carbocycles. The van der Waals surface area contributed by atoms with Gasteiger partial charge in [0.2, 0.25) is 11.7 Å². The second kappa shape index (κ2) is 5.17. The van der Waals surface area contributed by atoms with Gasteiger partial charge in [0.1, 0.15) is 0 Å². The number of nitrogens with one attached hydrogen (secondary N) is 1. The van der Waals surface area contributed by atoms with Crippen molar-refractivity contribution in [3.63, 3.8) is 0 Å². The Kier molecular flexibility index (Phi) is 3.40. The summed E-state index contributed by atoms with van der Waals surface area (Å²) in [6, 6.07) is 2.53. The Bertz CT molecular complexity index is 496. The molecule has 3 rings (SSSR count). The Labute approximate surface area is 110 Å². The lowest BCUT2D eigenvalue weighted by atomic mass is 10.2. The van der Waals surface area contributed by atoms with Gasteiger partial charge >= 0.3 is 0 Å². The molecular formula is C12H16N4OS. The van der Waals surface area contributed by atoms with Crippen LogP contribution in [0.5, 0.6) is 0 Å². The summed E-state index contributed by atoms with van der Waals surface area (Å²) in [5.74, 6) is 1.39. The molecule has 0 aromatic carbocycles. The van der Waals surface area contributed by atoms with Crippen LogP contribution in [-0.4, -0.2) is 40.7 Å². The minimum absolute atomic E-state index is 0.526. The molecule has 2 aromatic rings. The summed E-state index contributed by atoms with van der Waals surface area (Å²) in [6.07, 6.45) is 0. The number of thiophene rings is 1. The molecule has 6 heteroatoms. The summed E-state index contributed by atoms with van der Waals surface area (Å²) in [4.78, 5) is 6.78. The highest BCUT2D eigenvalue weighted by Crippen LogP contribution is 2.19. The van der Waals surface area contributed by atoms with E-state index in [1.165, 1.54) is 0 Å². The minimum Gasteiger partial charge on any atom is -0.338 e. The first-order chi connectivity index (χ1) is 8.81. The molecule has 0 unspecified atom stereocenters. The quantitative estimate of drug-likeness (QED) is 0.912. The molecular weight excluding hydrogens is 248 g/mol. The number of nitrogens with zero attached hydrogens (tertiary/aromatic N) is 3. The number of hydrogen-bond donors (Lipinski definition) is 1. The molecule has 1 atom stereocenters. The van der Waals surface area contributed by atoms with E-state index in [2.05, 4.69) is 27.3 Å². The lowest BCUT2D eigenvalue weighted by Crippen LogP contribution is -2.48. The van der Waals surface area contributed by atoms with E-state index in [1.807, 2.05) is 16.8 Å². The molecule has 1 saturated heterocycles. The molecule has 0 amide bonds. The van der Waals surface area contributed by atoms with Crippen molar-refractivity contribution in [3.05, 3.63) is 22.7 Å². The lowest BCUT2D eigenvalue weighted by molar-refractivity contribution is 0.177. The summed E-state index contributed by atoms with van der Waals surface area (Å²) in [5, 5.41) is 11.5. The van der Waals surface area contributed by atoms with Crippen LogP contribution in [0.1, 0.15) is 12.8 Å². The average Bonchev–Trinajstić information content (AvgIpc) is 2.98. The zero-order valence-corrected chi connectivity index (χ0v) is 11.1. The van der Waals surface area contributed by atoms with Crippen LogP contribution in [0.4, 0.5) is 0 Å². The van der Waals surface area contributed by atoms with Gasteiger partial charge in [-0.1, -0.05) is 5.16 Å². The van der Waals surface area contributed by atoms with Gasteiger partial charge in [-0.3, -0.25) is 4.90 Å². The fraction of sp³-hybridized carbons (Fsp3) is 0.500. The third-order valence-electron chi connectivity index (χ3n) is 3.06. The normalized spacial score (nSPS) is 21.3. The van der Waals surface area contributed by atoms with Gasteiger partial charge in [-0.25, -0.2) is 0 Å². The molecule has 0 bridgehead atoms. The molecule has 3 heterocycles. The van der Waals surface area contributed by atoms with Crippen molar-refractivity contribution in [1.29, 1.82) is 0 Å². The third-order valence-corrected chi connectivity index (χ3v) is 3.74. The van der Waals surface area contributed by atoms with Crippen molar-refractivity contribution in [2.45, 2.75) is 19.5 Å². The first-order valence-corrected chi connectivity index (χ1v) is 7.06. The summed E-state index contributed by atoms with van der Waals surface area (Å²) in [6.45, 7) is 6.00. The van der Waals surface area contributed by atoms with Crippen LogP contribution in [0, 0.1) is 0 Å². The molecule has 18 heavy (non-hydrogen) atoms. The number of aromatic nitrogens is 2. The Morgan fingerprint density at radius 3 is 3.33 bits per heavy atom. The molecule has 1 aliphatic heterocycles. The van der Waals surface area contributed by atoms with Crippen LogP contribution in [0.15, 0.2) is 21.3 Å². The second-order valence-electron chi connectivity index (χ2n) is 4.61. The van der Waals surface area contributed by atoms with Crippen molar-refractivity contribution >= 4 is 11.3 Å². The van der Waals surface area contributed by atoms with Crippen LogP contribution in [0.25, 0.3) is 11.4 Å². The lowest BCUT2D eigenvalue weighted by Gasteiger charge is -2.30. The molecule has 5 nitrogen and oxygen atoms in total. The van der Waals surface area contributed by atoms with E-state index in [9.17, 15) is 0 Å². The standard InChI is InChI=1S/C12H16N4OS/c1-9-6-16(4-3-13-9)7-11-14-12(15-17-11)10-2-5-18-8-10/h2,5,8-9,13H,3-4,6-7H2,1H3/t9-/m0/s1. The smallest absolute Gasteiger partial charge is 0.241 e. The van der Waals surface area contributed by atoms with Crippen molar-refractivity contribution < 1.29 is 4.52 Å². The van der Waals surface area contributed by atoms with Crippen molar-refractivity contribution in [2.75, 3.05) is 19.6 Å². The van der Waals surface area contributed by atoms with Gasteiger partial charge in [-0.15, -0.1) is 0 Å².